The SMILES string of the molecule is CC1(C)c2ccccc2-c2ccc(N(c3ccccc3)c3ccc4c(c3)Sc3ccc5ccccc5c3C43c4ccccc4-c4ccccc43)cc21. The Hall–Kier alpha value is -5.83. The predicted molar refractivity (Wildman–Crippen MR) is 218 cm³/mol. The van der Waals surface area contributed by atoms with E-state index < -0.39 is 5.41 Å². The van der Waals surface area contributed by atoms with Gasteiger partial charge < -0.3 is 4.90 Å². The van der Waals surface area contributed by atoms with Gasteiger partial charge in [0.15, 0.2) is 0 Å². The van der Waals surface area contributed by atoms with E-state index in [-0.39, 0.29) is 5.41 Å². The summed E-state index contributed by atoms with van der Waals surface area (Å²) in [7, 11) is 0. The van der Waals surface area contributed by atoms with Crippen LogP contribution in [0.15, 0.2) is 186 Å². The van der Waals surface area contributed by atoms with E-state index in [1.54, 1.807) is 0 Å². The van der Waals surface area contributed by atoms with Crippen molar-refractivity contribution in [1.82, 2.24) is 0 Å². The number of anilines is 3. The van der Waals surface area contributed by atoms with Gasteiger partial charge in [-0.25, -0.2) is 0 Å². The Labute approximate surface area is 309 Å². The fourth-order valence-electron chi connectivity index (χ4n) is 9.67. The molecule has 0 aromatic heterocycles. The van der Waals surface area contributed by atoms with Crippen molar-refractivity contribution in [3.05, 3.63) is 209 Å². The molecule has 0 fully saturated rings. The van der Waals surface area contributed by atoms with Gasteiger partial charge in [0.1, 0.15) is 0 Å². The van der Waals surface area contributed by atoms with Crippen molar-refractivity contribution in [1.29, 1.82) is 0 Å². The summed E-state index contributed by atoms with van der Waals surface area (Å²) in [4.78, 5) is 5.05. The Bertz CT molecular complexity index is 2710. The third-order valence-electron chi connectivity index (χ3n) is 11.9. The highest BCUT2D eigenvalue weighted by Crippen LogP contribution is 2.64. The summed E-state index contributed by atoms with van der Waals surface area (Å²) in [6.07, 6.45) is 0. The average molecular weight is 682 g/mol. The summed E-state index contributed by atoms with van der Waals surface area (Å²) in [5.41, 5.74) is 16.5. The van der Waals surface area contributed by atoms with Gasteiger partial charge in [0, 0.05) is 32.3 Å². The van der Waals surface area contributed by atoms with E-state index in [2.05, 4.69) is 195 Å². The zero-order valence-corrected chi connectivity index (χ0v) is 29.9. The first-order valence-corrected chi connectivity index (χ1v) is 19.0. The third-order valence-corrected chi connectivity index (χ3v) is 13.0. The van der Waals surface area contributed by atoms with Crippen molar-refractivity contribution in [2.45, 2.75) is 34.5 Å². The molecule has 0 N–H and O–H groups in total. The van der Waals surface area contributed by atoms with Crippen LogP contribution in [0.2, 0.25) is 0 Å². The highest BCUT2D eigenvalue weighted by molar-refractivity contribution is 7.99. The number of nitrogens with zero attached hydrogens (tertiary/aromatic N) is 1. The lowest BCUT2D eigenvalue weighted by molar-refractivity contribution is 0.660. The van der Waals surface area contributed by atoms with Gasteiger partial charge in [-0.15, -0.1) is 0 Å². The minimum Gasteiger partial charge on any atom is -0.310 e. The zero-order chi connectivity index (χ0) is 34.6. The van der Waals surface area contributed by atoms with Crippen LogP contribution in [0.4, 0.5) is 17.1 Å². The molecule has 1 aliphatic heterocycles. The van der Waals surface area contributed by atoms with E-state index in [0.29, 0.717) is 0 Å². The van der Waals surface area contributed by atoms with Gasteiger partial charge in [-0.05, 0) is 109 Å². The Kier molecular flexibility index (Phi) is 6.22. The van der Waals surface area contributed by atoms with Crippen molar-refractivity contribution in [3.63, 3.8) is 0 Å². The highest BCUT2D eigenvalue weighted by Gasteiger charge is 2.51. The van der Waals surface area contributed by atoms with E-state index in [1.165, 1.54) is 81.9 Å². The number of benzene rings is 8. The molecular formula is C50H35NS. The second-order valence-corrected chi connectivity index (χ2v) is 15.9. The van der Waals surface area contributed by atoms with Crippen LogP contribution < -0.4 is 4.90 Å². The van der Waals surface area contributed by atoms with Gasteiger partial charge in [0.2, 0.25) is 0 Å². The summed E-state index contributed by atoms with van der Waals surface area (Å²) >= 11 is 1.91. The van der Waals surface area contributed by atoms with Crippen molar-refractivity contribution >= 4 is 39.6 Å². The standard InChI is InChI=1S/C50H35NS/c1-49(2)41-21-11-8-18-37(41)40-27-25-34(30-45(40)49)51(33-15-4-3-5-16-33)35-26-28-44-47(31-35)52-46-29-24-32-14-6-7-17-36(32)48(46)50(44)42-22-12-9-19-38(42)39-20-10-13-23-43(39)50/h3-31H,1-2H3. The van der Waals surface area contributed by atoms with Crippen LogP contribution >= 0.6 is 11.8 Å². The first kappa shape index (κ1) is 29.9. The lowest BCUT2D eigenvalue weighted by Crippen LogP contribution is -2.32. The first-order valence-electron chi connectivity index (χ1n) is 18.2. The molecular weight excluding hydrogens is 647 g/mol. The van der Waals surface area contributed by atoms with Crippen LogP contribution in [0.25, 0.3) is 33.0 Å². The molecule has 2 heteroatoms. The Morgan fingerprint density at radius 3 is 1.73 bits per heavy atom. The first-order chi connectivity index (χ1) is 25.5. The molecule has 0 saturated heterocycles. The van der Waals surface area contributed by atoms with Gasteiger partial charge in [0.05, 0.1) is 5.41 Å². The second kappa shape index (κ2) is 10.8. The molecule has 0 radical (unpaired) electrons. The number of hydrogen-bond acceptors (Lipinski definition) is 2. The fraction of sp³-hybridized carbons (Fsp3) is 0.0800. The summed E-state index contributed by atoms with van der Waals surface area (Å²) in [5.74, 6) is 0. The molecule has 8 aromatic carbocycles. The molecule has 8 aromatic rings. The third kappa shape index (κ3) is 3.91. The summed E-state index contributed by atoms with van der Waals surface area (Å²) in [6.45, 7) is 4.73. The van der Waals surface area contributed by atoms with Crippen molar-refractivity contribution in [2.75, 3.05) is 4.90 Å². The molecule has 246 valence electrons. The smallest absolute Gasteiger partial charge is 0.0741 e. The van der Waals surface area contributed by atoms with Crippen molar-refractivity contribution < 1.29 is 0 Å². The average Bonchev–Trinajstić information content (AvgIpc) is 3.61. The molecule has 2 aliphatic carbocycles. The predicted octanol–water partition coefficient (Wildman–Crippen LogP) is 13.4. The zero-order valence-electron chi connectivity index (χ0n) is 29.1. The maximum Gasteiger partial charge on any atom is 0.0741 e. The van der Waals surface area contributed by atoms with E-state index in [4.69, 9.17) is 0 Å². The molecule has 0 unspecified atom stereocenters. The number of fused-ring (bicyclic) bond motifs is 14. The maximum atomic E-state index is 2.45. The Morgan fingerprint density at radius 1 is 0.404 bits per heavy atom. The lowest BCUT2D eigenvalue weighted by atomic mass is 9.66. The number of rotatable bonds is 3. The summed E-state index contributed by atoms with van der Waals surface area (Å²) < 4.78 is 0. The van der Waals surface area contributed by atoms with Crippen LogP contribution in [-0.4, -0.2) is 0 Å². The minimum absolute atomic E-state index is 0.0852. The maximum absolute atomic E-state index is 2.45. The van der Waals surface area contributed by atoms with Crippen LogP contribution in [0, 0.1) is 0 Å². The summed E-state index contributed by atoms with van der Waals surface area (Å²) in [6, 6.07) is 65.8. The Balaban J connectivity index is 1.16. The second-order valence-electron chi connectivity index (χ2n) is 14.9. The molecule has 1 spiro atoms. The van der Waals surface area contributed by atoms with E-state index in [0.717, 1.165) is 11.4 Å². The van der Waals surface area contributed by atoms with Crippen molar-refractivity contribution in [2.24, 2.45) is 0 Å². The molecule has 11 rings (SSSR count). The normalized spacial score (nSPS) is 15.0. The molecule has 0 bridgehead atoms. The van der Waals surface area contributed by atoms with Crippen LogP contribution in [-0.2, 0) is 10.8 Å². The summed E-state index contributed by atoms with van der Waals surface area (Å²) in [5, 5.41) is 2.60. The van der Waals surface area contributed by atoms with Gasteiger partial charge in [0.25, 0.3) is 0 Å². The monoisotopic (exact) mass is 681 g/mol. The molecule has 0 amide bonds. The van der Waals surface area contributed by atoms with Gasteiger partial charge in [-0.1, -0.05) is 159 Å². The fourth-order valence-corrected chi connectivity index (χ4v) is 10.9. The van der Waals surface area contributed by atoms with Crippen LogP contribution in [0.5, 0.6) is 0 Å². The van der Waals surface area contributed by atoms with Gasteiger partial charge >= 0.3 is 0 Å². The quantitative estimate of drug-likeness (QED) is 0.183. The molecule has 1 heterocycles. The molecule has 0 saturated carbocycles. The highest BCUT2D eigenvalue weighted by atomic mass is 32.2. The number of hydrogen-bond donors (Lipinski definition) is 0. The van der Waals surface area contributed by atoms with Crippen molar-refractivity contribution in [3.8, 4) is 22.3 Å². The molecule has 1 nitrogen and oxygen atoms in total. The topological polar surface area (TPSA) is 3.24 Å². The molecule has 52 heavy (non-hydrogen) atoms. The molecule has 0 atom stereocenters. The van der Waals surface area contributed by atoms with Gasteiger partial charge in [-0.3, -0.25) is 0 Å². The van der Waals surface area contributed by atoms with E-state index >= 15 is 0 Å². The van der Waals surface area contributed by atoms with Crippen LogP contribution in [0.3, 0.4) is 0 Å². The lowest BCUT2D eigenvalue weighted by Gasteiger charge is -2.41. The van der Waals surface area contributed by atoms with E-state index in [1.807, 2.05) is 11.8 Å². The van der Waals surface area contributed by atoms with Crippen LogP contribution in [0.1, 0.15) is 47.2 Å². The Morgan fingerprint density at radius 2 is 0.981 bits per heavy atom. The largest absolute Gasteiger partial charge is 0.310 e. The molecule has 3 aliphatic rings. The van der Waals surface area contributed by atoms with E-state index in [9.17, 15) is 0 Å². The van der Waals surface area contributed by atoms with Gasteiger partial charge in [-0.2, -0.15) is 0 Å². The minimum atomic E-state index is -0.441. The number of para-hydroxylation sites is 1.